The van der Waals surface area contributed by atoms with Crippen LogP contribution in [0.3, 0.4) is 0 Å². The minimum absolute atomic E-state index is 0.0141. The fourth-order valence-electron chi connectivity index (χ4n) is 4.10. The molecule has 174 valence electrons. The normalized spacial score (nSPS) is 17.5. The van der Waals surface area contributed by atoms with Gasteiger partial charge >= 0.3 is 0 Å². The Hall–Kier alpha value is -2.71. The maximum absolute atomic E-state index is 13.6. The van der Waals surface area contributed by atoms with Crippen molar-refractivity contribution in [2.75, 3.05) is 14.1 Å². The molecule has 1 aromatic heterocycles. The van der Waals surface area contributed by atoms with Crippen molar-refractivity contribution >= 4 is 17.7 Å². The summed E-state index contributed by atoms with van der Waals surface area (Å²) in [6.45, 7) is 3.92. The van der Waals surface area contributed by atoms with E-state index in [0.29, 0.717) is 5.16 Å². The number of carbonyl (C=O) groups excluding carboxylic acids is 1. The molecule has 3 atom stereocenters. The molecule has 6 nitrogen and oxygen atoms in total. The van der Waals surface area contributed by atoms with Gasteiger partial charge in [-0.2, -0.15) is 0 Å². The van der Waals surface area contributed by atoms with E-state index in [2.05, 4.69) is 33.7 Å². The van der Waals surface area contributed by atoms with Crippen molar-refractivity contribution in [3.8, 4) is 5.69 Å². The average molecular weight is 468 g/mol. The van der Waals surface area contributed by atoms with Gasteiger partial charge in [-0.1, -0.05) is 36.0 Å². The summed E-state index contributed by atoms with van der Waals surface area (Å²) in [4.78, 5) is 15.2. The van der Waals surface area contributed by atoms with Gasteiger partial charge in [0.25, 0.3) is 0 Å². The van der Waals surface area contributed by atoms with Crippen molar-refractivity contribution in [2.45, 2.75) is 55.6 Å². The van der Waals surface area contributed by atoms with Gasteiger partial charge in [-0.3, -0.25) is 14.3 Å². The zero-order chi connectivity index (χ0) is 23.5. The van der Waals surface area contributed by atoms with E-state index in [9.17, 15) is 9.18 Å². The molecule has 0 spiro atoms. The smallest absolute Gasteiger partial charge is 0.233 e. The first-order valence-corrected chi connectivity index (χ1v) is 12.2. The molecular weight excluding hydrogens is 437 g/mol. The second-order valence-electron chi connectivity index (χ2n) is 8.70. The lowest BCUT2D eigenvalue weighted by molar-refractivity contribution is -0.121. The largest absolute Gasteiger partial charge is 0.348 e. The second kappa shape index (κ2) is 10.1. The summed E-state index contributed by atoms with van der Waals surface area (Å²) in [6.07, 6.45) is 3.06. The molecule has 0 saturated heterocycles. The molecule has 1 aliphatic carbocycles. The van der Waals surface area contributed by atoms with Crippen molar-refractivity contribution in [3.63, 3.8) is 0 Å². The van der Waals surface area contributed by atoms with E-state index in [4.69, 9.17) is 0 Å². The molecule has 0 aliphatic heterocycles. The van der Waals surface area contributed by atoms with Crippen molar-refractivity contribution < 1.29 is 9.18 Å². The molecule has 8 heteroatoms. The highest BCUT2D eigenvalue weighted by molar-refractivity contribution is 8.00. The van der Waals surface area contributed by atoms with E-state index in [0.717, 1.165) is 30.8 Å². The van der Waals surface area contributed by atoms with Crippen LogP contribution in [-0.2, 0) is 11.2 Å². The molecule has 1 amide bonds. The van der Waals surface area contributed by atoms with Gasteiger partial charge in [0.1, 0.15) is 5.82 Å². The van der Waals surface area contributed by atoms with Gasteiger partial charge in [0.05, 0.1) is 17.3 Å². The van der Waals surface area contributed by atoms with Crippen molar-refractivity contribution in [1.82, 2.24) is 25.0 Å². The Morgan fingerprint density at radius 2 is 1.88 bits per heavy atom. The lowest BCUT2D eigenvalue weighted by atomic mass is 9.88. The number of nitrogens with zero attached hydrogens (tertiary/aromatic N) is 4. The summed E-state index contributed by atoms with van der Waals surface area (Å²) in [5, 5.41) is 12.3. The van der Waals surface area contributed by atoms with Crippen molar-refractivity contribution in [3.05, 3.63) is 71.3 Å². The number of aromatic nitrogens is 3. The van der Waals surface area contributed by atoms with Gasteiger partial charge < -0.3 is 5.32 Å². The maximum atomic E-state index is 13.6. The third-order valence-electron chi connectivity index (χ3n) is 6.23. The van der Waals surface area contributed by atoms with Crippen LogP contribution < -0.4 is 5.32 Å². The predicted octanol–water partition coefficient (Wildman–Crippen LogP) is 4.70. The summed E-state index contributed by atoms with van der Waals surface area (Å²) >= 11 is 1.36. The van der Waals surface area contributed by atoms with Gasteiger partial charge in [0, 0.05) is 5.69 Å². The number of thioether (sulfide) groups is 1. The Kier molecular flexibility index (Phi) is 7.14. The fourth-order valence-corrected chi connectivity index (χ4v) is 4.98. The summed E-state index contributed by atoms with van der Waals surface area (Å²) in [6, 6.07) is 14.6. The zero-order valence-electron chi connectivity index (χ0n) is 19.5. The minimum Gasteiger partial charge on any atom is -0.348 e. The molecule has 1 aliphatic rings. The van der Waals surface area contributed by atoms with Crippen LogP contribution in [0.15, 0.2) is 53.7 Å². The molecule has 3 aromatic rings. The number of hydrogen-bond donors (Lipinski definition) is 1. The van der Waals surface area contributed by atoms with E-state index in [1.54, 1.807) is 12.1 Å². The van der Waals surface area contributed by atoms with Crippen LogP contribution in [-0.4, -0.2) is 44.9 Å². The number of fused-ring (bicyclic) bond motifs is 1. The summed E-state index contributed by atoms with van der Waals surface area (Å²) in [5.41, 5.74) is 3.29. The highest BCUT2D eigenvalue weighted by Gasteiger charge is 2.27. The SMILES string of the molecule is C[C@H](Sc1nnc([C@H](C)N(C)C)n1-c1ccc(F)cc1)C(=O)N[C@H]1CCCc2ccccc21. The average Bonchev–Trinajstić information content (AvgIpc) is 3.22. The third-order valence-corrected chi connectivity index (χ3v) is 7.27. The molecule has 0 saturated carbocycles. The lowest BCUT2D eigenvalue weighted by Crippen LogP contribution is -2.36. The Morgan fingerprint density at radius 3 is 2.61 bits per heavy atom. The van der Waals surface area contributed by atoms with E-state index in [-0.39, 0.29) is 29.1 Å². The quantitative estimate of drug-likeness (QED) is 0.510. The number of halogens is 1. The Balaban J connectivity index is 1.56. The number of rotatable bonds is 7. The third kappa shape index (κ3) is 5.12. The van der Waals surface area contributed by atoms with Crippen LogP contribution in [0.4, 0.5) is 4.39 Å². The zero-order valence-corrected chi connectivity index (χ0v) is 20.3. The van der Waals surface area contributed by atoms with E-state index < -0.39 is 0 Å². The van der Waals surface area contributed by atoms with E-state index >= 15 is 0 Å². The number of aryl methyl sites for hydroxylation is 1. The molecule has 0 bridgehead atoms. The first-order chi connectivity index (χ1) is 15.8. The number of carbonyl (C=O) groups is 1. The van der Waals surface area contributed by atoms with Gasteiger partial charge in [-0.15, -0.1) is 10.2 Å². The molecule has 4 rings (SSSR count). The van der Waals surface area contributed by atoms with Crippen LogP contribution in [0.1, 0.15) is 55.7 Å². The van der Waals surface area contributed by atoms with Crippen LogP contribution in [0, 0.1) is 5.82 Å². The monoisotopic (exact) mass is 467 g/mol. The minimum atomic E-state index is -0.370. The molecular formula is C25H30FN5OS. The van der Waals surface area contributed by atoms with Crippen molar-refractivity contribution in [2.24, 2.45) is 0 Å². The van der Waals surface area contributed by atoms with Crippen molar-refractivity contribution in [1.29, 1.82) is 0 Å². The maximum Gasteiger partial charge on any atom is 0.233 e. The first kappa shape index (κ1) is 23.4. The van der Waals surface area contributed by atoms with Crippen LogP contribution >= 0.6 is 11.8 Å². The van der Waals surface area contributed by atoms with E-state index in [1.165, 1.54) is 35.0 Å². The Labute approximate surface area is 198 Å². The molecule has 0 fully saturated rings. The predicted molar refractivity (Wildman–Crippen MR) is 129 cm³/mol. The molecule has 0 unspecified atom stereocenters. The van der Waals surface area contributed by atoms with Crippen LogP contribution in [0.5, 0.6) is 0 Å². The van der Waals surface area contributed by atoms with Crippen LogP contribution in [0.2, 0.25) is 0 Å². The van der Waals surface area contributed by atoms with Gasteiger partial charge in [-0.05, 0) is 82.6 Å². The highest BCUT2D eigenvalue weighted by atomic mass is 32.2. The standard InChI is InChI=1S/C25H30FN5OS/c1-16(30(3)4)23-28-29-25(31(23)20-14-12-19(26)13-15-20)33-17(2)24(32)27-22-11-7-9-18-8-5-6-10-21(18)22/h5-6,8,10,12-17,22H,7,9,11H2,1-4H3,(H,27,32)/t16-,17-,22-/m0/s1. The summed E-state index contributed by atoms with van der Waals surface area (Å²) < 4.78 is 15.5. The first-order valence-electron chi connectivity index (χ1n) is 11.3. The van der Waals surface area contributed by atoms with Crippen LogP contribution in [0.25, 0.3) is 5.69 Å². The van der Waals surface area contributed by atoms with E-state index in [1.807, 2.05) is 43.5 Å². The molecule has 2 aromatic carbocycles. The van der Waals surface area contributed by atoms with Gasteiger partial charge in [-0.25, -0.2) is 4.39 Å². The Bertz CT molecular complexity index is 1110. The molecule has 33 heavy (non-hydrogen) atoms. The second-order valence-corrected chi connectivity index (χ2v) is 10.0. The number of nitrogens with one attached hydrogen (secondary N) is 1. The number of benzene rings is 2. The highest BCUT2D eigenvalue weighted by Crippen LogP contribution is 2.32. The molecule has 1 heterocycles. The summed E-state index contributed by atoms with van der Waals surface area (Å²) in [5.74, 6) is 0.407. The molecule has 0 radical (unpaired) electrons. The topological polar surface area (TPSA) is 63.1 Å². The van der Waals surface area contributed by atoms with Gasteiger partial charge in [0.15, 0.2) is 11.0 Å². The Morgan fingerprint density at radius 1 is 1.15 bits per heavy atom. The van der Waals surface area contributed by atoms with Gasteiger partial charge in [0.2, 0.25) is 5.91 Å². The lowest BCUT2D eigenvalue weighted by Gasteiger charge is -2.27. The number of hydrogen-bond acceptors (Lipinski definition) is 5. The summed E-state index contributed by atoms with van der Waals surface area (Å²) in [7, 11) is 3.94. The number of amides is 1. The molecule has 1 N–H and O–H groups in total. The fraction of sp³-hybridized carbons (Fsp3) is 0.400.